The van der Waals surface area contributed by atoms with Crippen LogP contribution in [0, 0.1) is 0 Å². The van der Waals surface area contributed by atoms with E-state index in [1.54, 1.807) is 0 Å². The highest BCUT2D eigenvalue weighted by molar-refractivity contribution is 5.83. The first-order valence-corrected chi connectivity index (χ1v) is 4.82. The topological polar surface area (TPSA) is 61.8 Å². The third-order valence-corrected chi connectivity index (χ3v) is 1.90. The van der Waals surface area contributed by atoms with Gasteiger partial charge in [0.05, 0.1) is 6.61 Å². The van der Waals surface area contributed by atoms with Crippen LogP contribution in [0.2, 0.25) is 0 Å². The van der Waals surface area contributed by atoms with Crippen molar-refractivity contribution < 1.29 is 23.8 Å². The number of carbonyl (C=O) groups excluding carboxylic acids is 2. The molecule has 0 aliphatic carbocycles. The van der Waals surface area contributed by atoms with Crippen molar-refractivity contribution in [3.63, 3.8) is 0 Å². The maximum absolute atomic E-state index is 11.1. The van der Waals surface area contributed by atoms with E-state index in [1.807, 2.05) is 0 Å². The van der Waals surface area contributed by atoms with Crippen LogP contribution in [0.15, 0.2) is 12.7 Å². The van der Waals surface area contributed by atoms with Gasteiger partial charge in [0, 0.05) is 12.5 Å². The van der Waals surface area contributed by atoms with Gasteiger partial charge in [-0.1, -0.05) is 6.58 Å². The summed E-state index contributed by atoms with van der Waals surface area (Å²) in [5.41, 5.74) is 0. The molecule has 0 spiro atoms. The second-order valence-corrected chi connectivity index (χ2v) is 3.10. The van der Waals surface area contributed by atoms with Gasteiger partial charge >= 0.3 is 11.9 Å². The minimum atomic E-state index is -0.642. The molecule has 0 aromatic carbocycles. The molecule has 1 heterocycles. The molecule has 5 heteroatoms. The highest BCUT2D eigenvalue weighted by Crippen LogP contribution is 2.13. The van der Waals surface area contributed by atoms with Crippen molar-refractivity contribution in [2.24, 2.45) is 0 Å². The zero-order valence-corrected chi connectivity index (χ0v) is 8.44. The summed E-state index contributed by atoms with van der Waals surface area (Å²) in [4.78, 5) is 21.7. The number of rotatable bonds is 4. The Morgan fingerprint density at radius 1 is 1.47 bits per heavy atom. The third kappa shape index (κ3) is 4.60. The Labute approximate surface area is 88.0 Å². The molecule has 1 rings (SSSR count). The van der Waals surface area contributed by atoms with Crippen molar-refractivity contribution in [3.05, 3.63) is 12.7 Å². The largest absolute Gasteiger partial charge is 0.451 e. The van der Waals surface area contributed by atoms with E-state index in [0.29, 0.717) is 13.0 Å². The summed E-state index contributed by atoms with van der Waals surface area (Å²) in [5, 5.41) is 0. The monoisotopic (exact) mass is 214 g/mol. The van der Waals surface area contributed by atoms with Crippen molar-refractivity contribution >= 4 is 11.9 Å². The minimum absolute atomic E-state index is 0.398. The predicted octanol–water partition coefficient (Wildman–Crippen LogP) is 0.785. The highest BCUT2D eigenvalue weighted by Gasteiger charge is 2.18. The molecule has 0 bridgehead atoms. The van der Waals surface area contributed by atoms with Gasteiger partial charge < -0.3 is 14.2 Å². The summed E-state index contributed by atoms with van der Waals surface area (Å²) in [6.45, 7) is 3.41. The Morgan fingerprint density at radius 2 is 2.27 bits per heavy atom. The molecule has 84 valence electrons. The second-order valence-electron chi connectivity index (χ2n) is 3.10. The molecule has 1 aliphatic heterocycles. The Hall–Kier alpha value is -1.36. The molecule has 1 saturated heterocycles. The van der Waals surface area contributed by atoms with Crippen LogP contribution in [0.4, 0.5) is 0 Å². The van der Waals surface area contributed by atoms with E-state index in [-0.39, 0.29) is 0 Å². The Bertz CT molecular complexity index is 242. The lowest BCUT2D eigenvalue weighted by Crippen LogP contribution is -2.27. The SMILES string of the molecule is C=CC(=O)OCC(=O)OC1CCCCO1. The Balaban J connectivity index is 2.17. The van der Waals surface area contributed by atoms with E-state index in [0.717, 1.165) is 18.9 Å². The minimum Gasteiger partial charge on any atom is -0.451 e. The van der Waals surface area contributed by atoms with E-state index >= 15 is 0 Å². The van der Waals surface area contributed by atoms with Gasteiger partial charge in [-0.15, -0.1) is 0 Å². The van der Waals surface area contributed by atoms with Gasteiger partial charge in [-0.05, 0) is 12.8 Å². The molecule has 1 aliphatic rings. The number of esters is 2. The fourth-order valence-electron chi connectivity index (χ4n) is 1.17. The van der Waals surface area contributed by atoms with Crippen molar-refractivity contribution in [2.45, 2.75) is 25.6 Å². The van der Waals surface area contributed by atoms with E-state index in [9.17, 15) is 9.59 Å². The molecule has 1 unspecified atom stereocenters. The molecule has 1 fully saturated rings. The summed E-state index contributed by atoms with van der Waals surface area (Å²) in [6.07, 6.45) is 3.16. The van der Waals surface area contributed by atoms with Gasteiger partial charge in [0.25, 0.3) is 0 Å². The molecule has 1 atom stereocenters. The van der Waals surface area contributed by atoms with Gasteiger partial charge in [0.1, 0.15) is 0 Å². The number of hydrogen-bond acceptors (Lipinski definition) is 5. The molecule has 0 N–H and O–H groups in total. The number of carbonyl (C=O) groups is 2. The molecule has 0 saturated carbocycles. The van der Waals surface area contributed by atoms with Gasteiger partial charge in [0.2, 0.25) is 6.29 Å². The Kier molecular flexibility index (Phi) is 4.83. The summed E-state index contributed by atoms with van der Waals surface area (Å²) in [5.74, 6) is -1.24. The molecule has 0 aromatic rings. The van der Waals surface area contributed by atoms with Crippen LogP contribution in [0.1, 0.15) is 19.3 Å². The first kappa shape index (κ1) is 11.7. The maximum Gasteiger partial charge on any atom is 0.346 e. The van der Waals surface area contributed by atoms with Crippen LogP contribution in [0.5, 0.6) is 0 Å². The van der Waals surface area contributed by atoms with Crippen molar-refractivity contribution in [3.8, 4) is 0 Å². The lowest BCUT2D eigenvalue weighted by Gasteiger charge is -2.22. The molecule has 0 radical (unpaired) electrons. The standard InChI is InChI=1S/C10H14O5/c1-2-8(11)14-7-9(12)15-10-5-3-4-6-13-10/h2,10H,1,3-7H2. The average molecular weight is 214 g/mol. The van der Waals surface area contributed by atoms with Crippen LogP contribution in [-0.2, 0) is 23.8 Å². The van der Waals surface area contributed by atoms with Crippen LogP contribution >= 0.6 is 0 Å². The number of ether oxygens (including phenoxy) is 3. The lowest BCUT2D eigenvalue weighted by atomic mass is 10.2. The molecular formula is C10H14O5. The van der Waals surface area contributed by atoms with E-state index in [2.05, 4.69) is 11.3 Å². The molecule has 0 aromatic heterocycles. The van der Waals surface area contributed by atoms with Gasteiger partial charge in [0.15, 0.2) is 6.61 Å². The average Bonchev–Trinajstić information content (AvgIpc) is 2.27. The second kappa shape index (κ2) is 6.19. The number of hydrogen-bond donors (Lipinski definition) is 0. The fourth-order valence-corrected chi connectivity index (χ4v) is 1.17. The van der Waals surface area contributed by atoms with Gasteiger partial charge in [-0.3, -0.25) is 0 Å². The predicted molar refractivity (Wildman–Crippen MR) is 50.8 cm³/mol. The van der Waals surface area contributed by atoms with Crippen LogP contribution in [0.3, 0.4) is 0 Å². The molecular weight excluding hydrogens is 200 g/mol. The zero-order chi connectivity index (χ0) is 11.1. The fraction of sp³-hybridized carbons (Fsp3) is 0.600. The van der Waals surface area contributed by atoms with E-state index in [1.165, 1.54) is 0 Å². The summed E-state index contributed by atoms with van der Waals surface area (Å²) < 4.78 is 14.6. The molecule has 5 nitrogen and oxygen atoms in total. The van der Waals surface area contributed by atoms with Crippen molar-refractivity contribution in [1.29, 1.82) is 0 Å². The first-order chi connectivity index (χ1) is 7.22. The Morgan fingerprint density at radius 3 is 2.87 bits per heavy atom. The smallest absolute Gasteiger partial charge is 0.346 e. The maximum atomic E-state index is 11.1. The zero-order valence-electron chi connectivity index (χ0n) is 8.44. The molecule has 15 heavy (non-hydrogen) atoms. The quantitative estimate of drug-likeness (QED) is 0.511. The normalized spacial score (nSPS) is 20.4. The summed E-state index contributed by atoms with van der Waals surface area (Å²) >= 11 is 0. The van der Waals surface area contributed by atoms with Gasteiger partial charge in [-0.25, -0.2) is 9.59 Å². The van der Waals surface area contributed by atoms with E-state index in [4.69, 9.17) is 9.47 Å². The van der Waals surface area contributed by atoms with Crippen LogP contribution in [0.25, 0.3) is 0 Å². The lowest BCUT2D eigenvalue weighted by molar-refractivity contribution is -0.191. The first-order valence-electron chi connectivity index (χ1n) is 4.82. The highest BCUT2D eigenvalue weighted by atomic mass is 16.7. The summed E-state index contributed by atoms with van der Waals surface area (Å²) in [7, 11) is 0. The molecule has 0 amide bonds. The van der Waals surface area contributed by atoms with Crippen molar-refractivity contribution in [2.75, 3.05) is 13.2 Å². The van der Waals surface area contributed by atoms with E-state index < -0.39 is 24.8 Å². The van der Waals surface area contributed by atoms with Crippen LogP contribution in [-0.4, -0.2) is 31.4 Å². The van der Waals surface area contributed by atoms with Crippen LogP contribution < -0.4 is 0 Å². The summed E-state index contributed by atoms with van der Waals surface area (Å²) in [6, 6.07) is 0. The van der Waals surface area contributed by atoms with Gasteiger partial charge in [-0.2, -0.15) is 0 Å². The third-order valence-electron chi connectivity index (χ3n) is 1.90. The van der Waals surface area contributed by atoms with Crippen molar-refractivity contribution in [1.82, 2.24) is 0 Å².